The standard InChI is InChI=1S/C26H32N6O2/c1-5-24(25-28-29-30-32(25)12-13-34-4)31(16-20-9-6-18(2)7-10-20)17-22-15-21-11-8-19(3)14-23(21)27-26(22)33/h6-11,14-15,24H,5,12-13,16-17H2,1-4H3,(H,27,33)/t24-/m1/s1. The van der Waals surface area contributed by atoms with Gasteiger partial charge in [-0.3, -0.25) is 9.69 Å². The third-order valence-electron chi connectivity index (χ3n) is 6.15. The van der Waals surface area contributed by atoms with Crippen molar-refractivity contribution in [3.05, 3.63) is 87.0 Å². The number of aromatic amines is 1. The van der Waals surface area contributed by atoms with Crippen LogP contribution in [0.1, 0.15) is 47.5 Å². The van der Waals surface area contributed by atoms with Crippen LogP contribution in [-0.4, -0.2) is 43.8 Å². The zero-order chi connectivity index (χ0) is 24.1. The highest BCUT2D eigenvalue weighted by Gasteiger charge is 2.26. The number of aromatic nitrogens is 5. The Kier molecular flexibility index (Phi) is 7.49. The zero-order valence-corrected chi connectivity index (χ0v) is 20.3. The molecule has 0 radical (unpaired) electrons. The number of H-pyrrole nitrogens is 1. The van der Waals surface area contributed by atoms with Crippen molar-refractivity contribution in [2.45, 2.75) is 52.9 Å². The van der Waals surface area contributed by atoms with Crippen LogP contribution in [0.4, 0.5) is 0 Å². The number of fused-ring (bicyclic) bond motifs is 1. The summed E-state index contributed by atoms with van der Waals surface area (Å²) in [6.07, 6.45) is 0.796. The summed E-state index contributed by atoms with van der Waals surface area (Å²) < 4.78 is 7.03. The van der Waals surface area contributed by atoms with E-state index in [4.69, 9.17) is 4.74 Å². The number of hydrogen-bond acceptors (Lipinski definition) is 6. The molecule has 4 rings (SSSR count). The molecule has 0 unspecified atom stereocenters. The summed E-state index contributed by atoms with van der Waals surface area (Å²) in [4.78, 5) is 18.4. The van der Waals surface area contributed by atoms with Crippen molar-refractivity contribution in [2.75, 3.05) is 13.7 Å². The second-order valence-corrected chi connectivity index (χ2v) is 8.78. The van der Waals surface area contributed by atoms with Crippen LogP contribution >= 0.6 is 0 Å². The Hall–Kier alpha value is -3.36. The Balaban J connectivity index is 1.72. The second-order valence-electron chi connectivity index (χ2n) is 8.78. The third-order valence-corrected chi connectivity index (χ3v) is 6.15. The maximum Gasteiger partial charge on any atom is 0.252 e. The van der Waals surface area contributed by atoms with E-state index in [2.05, 4.69) is 75.7 Å². The SMILES string of the molecule is CC[C@H](c1nnnn1CCOC)N(Cc1ccc(C)cc1)Cc1cc2ccc(C)cc2[nH]c1=O. The predicted octanol–water partition coefficient (Wildman–Crippen LogP) is 3.93. The molecule has 0 amide bonds. The van der Waals surface area contributed by atoms with Crippen molar-refractivity contribution in [3.63, 3.8) is 0 Å². The van der Waals surface area contributed by atoms with Crippen molar-refractivity contribution in [3.8, 4) is 0 Å². The van der Waals surface area contributed by atoms with Gasteiger partial charge in [-0.2, -0.15) is 0 Å². The molecule has 2 aromatic heterocycles. The summed E-state index contributed by atoms with van der Waals surface area (Å²) in [5, 5.41) is 13.5. The van der Waals surface area contributed by atoms with Gasteiger partial charge in [-0.1, -0.05) is 48.9 Å². The molecule has 0 aliphatic carbocycles. The van der Waals surface area contributed by atoms with Gasteiger partial charge in [-0.25, -0.2) is 4.68 Å². The lowest BCUT2D eigenvalue weighted by Gasteiger charge is -2.30. The fourth-order valence-corrected chi connectivity index (χ4v) is 4.29. The molecule has 0 aliphatic rings. The van der Waals surface area contributed by atoms with Crippen molar-refractivity contribution in [1.29, 1.82) is 0 Å². The first-order chi connectivity index (χ1) is 16.5. The maximum atomic E-state index is 13.0. The number of ether oxygens (including phenoxy) is 1. The molecular weight excluding hydrogens is 428 g/mol. The van der Waals surface area contributed by atoms with Crippen molar-refractivity contribution < 1.29 is 4.74 Å². The lowest BCUT2D eigenvalue weighted by atomic mass is 10.1. The Morgan fingerprint density at radius 2 is 1.82 bits per heavy atom. The molecule has 2 heterocycles. The highest BCUT2D eigenvalue weighted by molar-refractivity contribution is 5.79. The number of benzene rings is 2. The fourth-order valence-electron chi connectivity index (χ4n) is 4.29. The van der Waals surface area contributed by atoms with Crippen LogP contribution in [-0.2, 0) is 24.4 Å². The number of aryl methyl sites for hydroxylation is 2. The minimum absolute atomic E-state index is 0.0683. The fraction of sp³-hybridized carbons (Fsp3) is 0.385. The van der Waals surface area contributed by atoms with Gasteiger partial charge in [0.15, 0.2) is 5.82 Å². The van der Waals surface area contributed by atoms with E-state index in [0.29, 0.717) is 26.2 Å². The zero-order valence-electron chi connectivity index (χ0n) is 20.3. The number of hydrogen-bond donors (Lipinski definition) is 1. The predicted molar refractivity (Wildman–Crippen MR) is 132 cm³/mol. The van der Waals surface area contributed by atoms with Gasteiger partial charge in [0.1, 0.15) is 0 Å². The molecule has 0 aliphatic heterocycles. The molecule has 0 bridgehead atoms. The lowest BCUT2D eigenvalue weighted by Crippen LogP contribution is -2.32. The van der Waals surface area contributed by atoms with E-state index < -0.39 is 0 Å². The molecule has 34 heavy (non-hydrogen) atoms. The summed E-state index contributed by atoms with van der Waals surface area (Å²) in [7, 11) is 1.67. The van der Waals surface area contributed by atoms with Crippen LogP contribution in [0.5, 0.6) is 0 Å². The molecule has 8 nitrogen and oxygen atoms in total. The Bertz CT molecular complexity index is 1290. The third kappa shape index (κ3) is 5.40. The number of pyridine rings is 1. The summed E-state index contributed by atoms with van der Waals surface area (Å²) in [5.41, 5.74) is 5.01. The molecule has 1 N–H and O–H groups in total. The second kappa shape index (κ2) is 10.7. The monoisotopic (exact) mass is 460 g/mol. The number of methoxy groups -OCH3 is 1. The lowest BCUT2D eigenvalue weighted by molar-refractivity contribution is 0.151. The van der Waals surface area contributed by atoms with Gasteiger partial charge < -0.3 is 9.72 Å². The summed E-state index contributed by atoms with van der Waals surface area (Å²) in [5.74, 6) is 0.777. The first-order valence-corrected chi connectivity index (χ1v) is 11.7. The maximum absolute atomic E-state index is 13.0. The molecule has 0 saturated heterocycles. The van der Waals surface area contributed by atoms with Crippen LogP contribution in [0.2, 0.25) is 0 Å². The van der Waals surface area contributed by atoms with E-state index in [1.807, 2.05) is 19.1 Å². The van der Waals surface area contributed by atoms with Gasteiger partial charge in [0.05, 0.1) is 19.2 Å². The molecule has 0 saturated carbocycles. The summed E-state index contributed by atoms with van der Waals surface area (Å²) >= 11 is 0. The summed E-state index contributed by atoms with van der Waals surface area (Å²) in [6.45, 7) is 8.46. The van der Waals surface area contributed by atoms with Crippen molar-refractivity contribution >= 4 is 10.9 Å². The van der Waals surface area contributed by atoms with Crippen LogP contribution in [0, 0.1) is 13.8 Å². The van der Waals surface area contributed by atoms with E-state index in [0.717, 1.165) is 34.3 Å². The van der Waals surface area contributed by atoms with Crippen LogP contribution in [0.25, 0.3) is 10.9 Å². The quantitative estimate of drug-likeness (QED) is 0.386. The van der Waals surface area contributed by atoms with Crippen molar-refractivity contribution in [2.24, 2.45) is 0 Å². The van der Waals surface area contributed by atoms with Gasteiger partial charge >= 0.3 is 0 Å². The van der Waals surface area contributed by atoms with Gasteiger partial charge in [-0.15, -0.1) is 5.10 Å². The molecule has 1 atom stereocenters. The van der Waals surface area contributed by atoms with Gasteiger partial charge in [-0.05, 0) is 59.3 Å². The minimum Gasteiger partial charge on any atom is -0.383 e. The number of tetrazole rings is 1. The topological polar surface area (TPSA) is 88.9 Å². The van der Waals surface area contributed by atoms with Gasteiger partial charge in [0.2, 0.25) is 0 Å². The van der Waals surface area contributed by atoms with Crippen molar-refractivity contribution in [1.82, 2.24) is 30.1 Å². The number of nitrogens with zero attached hydrogens (tertiary/aromatic N) is 5. The smallest absolute Gasteiger partial charge is 0.252 e. The molecule has 4 aromatic rings. The average molecular weight is 461 g/mol. The molecule has 0 spiro atoms. The average Bonchev–Trinajstić information content (AvgIpc) is 3.28. The van der Waals surface area contributed by atoms with E-state index in [9.17, 15) is 4.79 Å². The molecule has 8 heteroatoms. The van der Waals surface area contributed by atoms with E-state index in [-0.39, 0.29) is 11.6 Å². The Morgan fingerprint density at radius 3 is 2.56 bits per heavy atom. The highest BCUT2D eigenvalue weighted by Crippen LogP contribution is 2.26. The molecular formula is C26H32N6O2. The van der Waals surface area contributed by atoms with E-state index in [1.165, 1.54) is 11.1 Å². The van der Waals surface area contributed by atoms with Gasteiger partial charge in [0.25, 0.3) is 5.56 Å². The van der Waals surface area contributed by atoms with Crippen LogP contribution < -0.4 is 5.56 Å². The normalized spacial score (nSPS) is 12.5. The number of rotatable bonds is 10. The van der Waals surface area contributed by atoms with E-state index >= 15 is 0 Å². The molecule has 0 fully saturated rings. The first-order valence-electron chi connectivity index (χ1n) is 11.7. The largest absolute Gasteiger partial charge is 0.383 e. The highest BCUT2D eigenvalue weighted by atomic mass is 16.5. The summed E-state index contributed by atoms with van der Waals surface area (Å²) in [6, 6.07) is 16.5. The van der Waals surface area contributed by atoms with Gasteiger partial charge in [0, 0.05) is 31.3 Å². The molecule has 2 aromatic carbocycles. The van der Waals surface area contributed by atoms with E-state index in [1.54, 1.807) is 11.8 Å². The molecule has 178 valence electrons. The number of nitrogens with one attached hydrogen (secondary N) is 1. The van der Waals surface area contributed by atoms with Crippen LogP contribution in [0.3, 0.4) is 0 Å². The first kappa shape index (κ1) is 23.8. The minimum atomic E-state index is -0.0687. The van der Waals surface area contributed by atoms with Crippen LogP contribution in [0.15, 0.2) is 53.3 Å². The Labute approximate surface area is 199 Å². The Morgan fingerprint density at radius 1 is 1.06 bits per heavy atom.